The Morgan fingerprint density at radius 3 is 2.91 bits per heavy atom. The monoisotopic (exact) mass is 492 g/mol. The van der Waals surface area contributed by atoms with Gasteiger partial charge in [0.25, 0.3) is 5.91 Å². The number of fused-ring (bicyclic) bond motifs is 2. The molecule has 11 heteroatoms. The summed E-state index contributed by atoms with van der Waals surface area (Å²) >= 11 is 1.55. The fourth-order valence-electron chi connectivity index (χ4n) is 5.02. The molecule has 1 saturated heterocycles. The summed E-state index contributed by atoms with van der Waals surface area (Å²) < 4.78 is 3.82. The van der Waals surface area contributed by atoms with Gasteiger partial charge < -0.3 is 20.9 Å². The lowest BCUT2D eigenvalue weighted by Gasteiger charge is -2.35. The van der Waals surface area contributed by atoms with E-state index in [0.29, 0.717) is 29.3 Å². The number of nitrogens with one attached hydrogen (secondary N) is 3. The predicted molar refractivity (Wildman–Crippen MR) is 133 cm³/mol. The number of amides is 2. The first-order chi connectivity index (χ1) is 16.9. The highest BCUT2D eigenvalue weighted by atomic mass is 32.1. The van der Waals surface area contributed by atoms with Crippen molar-refractivity contribution in [3.05, 3.63) is 53.5 Å². The molecule has 3 aliphatic rings. The average Bonchev–Trinajstić information content (AvgIpc) is 3.55. The van der Waals surface area contributed by atoms with Crippen LogP contribution in [0.3, 0.4) is 0 Å². The second kappa shape index (κ2) is 8.65. The summed E-state index contributed by atoms with van der Waals surface area (Å²) in [6.45, 7) is 4.82. The number of nitrogens with zero attached hydrogens (tertiary/aromatic N) is 5. The molecule has 182 valence electrons. The highest BCUT2D eigenvalue weighted by Gasteiger charge is 2.27. The van der Waals surface area contributed by atoms with E-state index >= 15 is 0 Å². The molecule has 2 amide bonds. The Bertz CT molecular complexity index is 1370. The first kappa shape index (κ1) is 22.1. The molecule has 0 saturated carbocycles. The van der Waals surface area contributed by atoms with Crippen LogP contribution in [0.5, 0.6) is 0 Å². The van der Waals surface area contributed by atoms with Gasteiger partial charge in [0.05, 0.1) is 34.6 Å². The second-order valence-corrected chi connectivity index (χ2v) is 10.6. The number of likely N-dealkylation sites (tertiary alicyclic amines) is 1. The summed E-state index contributed by atoms with van der Waals surface area (Å²) in [4.78, 5) is 29.7. The molecule has 0 aromatic carbocycles. The van der Waals surface area contributed by atoms with E-state index in [-0.39, 0.29) is 17.9 Å². The maximum Gasteiger partial charge on any atom is 0.260 e. The van der Waals surface area contributed by atoms with Crippen molar-refractivity contribution in [2.24, 2.45) is 5.92 Å². The van der Waals surface area contributed by atoms with Crippen molar-refractivity contribution < 1.29 is 9.59 Å². The largest absolute Gasteiger partial charge is 0.381 e. The van der Waals surface area contributed by atoms with Crippen LogP contribution in [0.2, 0.25) is 0 Å². The van der Waals surface area contributed by atoms with Gasteiger partial charge in [-0.05, 0) is 38.8 Å². The van der Waals surface area contributed by atoms with Gasteiger partial charge in [-0.2, -0.15) is 10.2 Å². The maximum atomic E-state index is 13.2. The first-order valence-electron chi connectivity index (χ1n) is 11.9. The van der Waals surface area contributed by atoms with Gasteiger partial charge in [0, 0.05) is 55.4 Å². The Labute approximate surface area is 206 Å². The molecule has 6 rings (SSSR count). The van der Waals surface area contributed by atoms with E-state index in [0.717, 1.165) is 47.7 Å². The van der Waals surface area contributed by atoms with Gasteiger partial charge in [-0.1, -0.05) is 0 Å². The zero-order valence-electron chi connectivity index (χ0n) is 19.7. The van der Waals surface area contributed by atoms with Gasteiger partial charge in [-0.15, -0.1) is 11.3 Å². The van der Waals surface area contributed by atoms with Crippen LogP contribution in [0.25, 0.3) is 15.3 Å². The number of rotatable bonds is 6. The Morgan fingerprint density at radius 2 is 2.09 bits per heavy atom. The van der Waals surface area contributed by atoms with Crippen LogP contribution in [0.1, 0.15) is 35.8 Å². The Kier molecular flexibility index (Phi) is 5.45. The van der Waals surface area contributed by atoms with Crippen molar-refractivity contribution in [1.82, 2.24) is 40.2 Å². The molecule has 0 bridgehead atoms. The van der Waals surface area contributed by atoms with E-state index in [4.69, 9.17) is 0 Å². The topological polar surface area (TPSA) is 109 Å². The Balaban J connectivity index is 1.16. The summed E-state index contributed by atoms with van der Waals surface area (Å²) in [6, 6.07) is -0.0974. The van der Waals surface area contributed by atoms with Crippen molar-refractivity contribution >= 4 is 28.0 Å². The molecule has 1 atom stereocenters. The van der Waals surface area contributed by atoms with E-state index in [9.17, 15) is 9.59 Å². The van der Waals surface area contributed by atoms with E-state index in [2.05, 4.69) is 42.8 Å². The Hall–Kier alpha value is -3.44. The molecular formula is C24H28N8O2S. The molecule has 3 aromatic heterocycles. The first-order valence-corrected chi connectivity index (χ1v) is 12.8. The minimum atomic E-state index is -0.224. The molecule has 0 spiro atoms. The summed E-state index contributed by atoms with van der Waals surface area (Å²) in [5.74, 6) is 0.172. The summed E-state index contributed by atoms with van der Waals surface area (Å²) in [7, 11) is 2.05. The average molecular weight is 493 g/mol. The van der Waals surface area contributed by atoms with Crippen LogP contribution in [-0.4, -0.2) is 62.3 Å². The minimum Gasteiger partial charge on any atom is -0.381 e. The summed E-state index contributed by atoms with van der Waals surface area (Å²) in [5, 5.41) is 18.1. The van der Waals surface area contributed by atoms with Gasteiger partial charge in [-0.3, -0.25) is 14.3 Å². The number of aryl methyl sites for hydroxylation is 1. The number of carbonyl (C=O) groups is 2. The number of thiazole rings is 1. The molecule has 10 nitrogen and oxygen atoms in total. The van der Waals surface area contributed by atoms with Crippen molar-refractivity contribution in [1.29, 1.82) is 0 Å². The van der Waals surface area contributed by atoms with Crippen LogP contribution in [0.4, 0.5) is 0 Å². The van der Waals surface area contributed by atoms with Crippen LogP contribution in [0.15, 0.2) is 42.3 Å². The number of carbonyl (C=O) groups excluding carboxylic acids is 2. The third-order valence-corrected chi connectivity index (χ3v) is 8.01. The Morgan fingerprint density at radius 1 is 1.23 bits per heavy atom. The van der Waals surface area contributed by atoms with Crippen molar-refractivity contribution in [3.63, 3.8) is 0 Å². The van der Waals surface area contributed by atoms with Crippen LogP contribution in [-0.2, 0) is 17.8 Å². The van der Waals surface area contributed by atoms with Crippen LogP contribution < -0.4 is 16.0 Å². The number of allylic oxidation sites excluding steroid dienone is 1. The third kappa shape index (κ3) is 4.14. The van der Waals surface area contributed by atoms with E-state index < -0.39 is 0 Å². The highest BCUT2D eigenvalue weighted by Crippen LogP contribution is 2.34. The number of hydrogen-bond acceptors (Lipinski definition) is 7. The zero-order valence-corrected chi connectivity index (χ0v) is 20.6. The molecule has 0 aliphatic carbocycles. The lowest BCUT2D eigenvalue weighted by molar-refractivity contribution is -0.122. The van der Waals surface area contributed by atoms with Crippen LogP contribution >= 0.6 is 11.3 Å². The minimum absolute atomic E-state index is 0.0104. The normalized spacial score (nSPS) is 20.1. The summed E-state index contributed by atoms with van der Waals surface area (Å²) in [6.07, 6.45) is 11.7. The highest BCUT2D eigenvalue weighted by molar-refractivity contribution is 7.21. The van der Waals surface area contributed by atoms with Crippen LogP contribution in [0, 0.1) is 5.92 Å². The molecule has 35 heavy (non-hydrogen) atoms. The van der Waals surface area contributed by atoms with Crippen molar-refractivity contribution in [2.75, 3.05) is 20.1 Å². The molecular weight excluding hydrogens is 464 g/mol. The van der Waals surface area contributed by atoms with Crippen molar-refractivity contribution in [3.8, 4) is 10.4 Å². The molecule has 3 aromatic rings. The van der Waals surface area contributed by atoms with Crippen molar-refractivity contribution in [2.45, 2.75) is 38.8 Å². The smallest absolute Gasteiger partial charge is 0.260 e. The lowest BCUT2D eigenvalue weighted by Crippen LogP contribution is -2.46. The molecule has 1 unspecified atom stereocenters. The van der Waals surface area contributed by atoms with E-state index in [1.165, 1.54) is 5.69 Å². The number of hydrogen-bond donors (Lipinski definition) is 3. The molecule has 3 N–H and O–H groups in total. The number of aromatic nitrogens is 4. The standard InChI is InChI=1S/C24H28N8O2S/c1-14-19(7-16(8-25-14)28-22(33)6-15-11-30(2)12-15)29-23(34)18-10-27-32-13-21(35-24(18)32)17-9-26-31-5-3-4-20(17)31/h7-10,13-15,25H,3-6,11-12H2,1-2H3,(H,28,33)(H,29,34). The molecule has 6 heterocycles. The zero-order chi connectivity index (χ0) is 24.1. The maximum absolute atomic E-state index is 13.2. The molecule has 1 fully saturated rings. The SMILES string of the molecule is CC1NC=C(NC(=O)CC2CN(C)C2)C=C1NC(=O)c1cnn2cc(-c3cnn4c3CCC4)sc12. The van der Waals surface area contributed by atoms with Gasteiger partial charge in [0.1, 0.15) is 4.83 Å². The summed E-state index contributed by atoms with van der Waals surface area (Å²) in [5.41, 5.74) is 4.23. The van der Waals surface area contributed by atoms with E-state index in [1.54, 1.807) is 28.2 Å². The quantitative estimate of drug-likeness (QED) is 0.484. The molecule has 0 radical (unpaired) electrons. The third-order valence-electron chi connectivity index (χ3n) is 6.86. The lowest BCUT2D eigenvalue weighted by atomic mass is 9.97. The fraction of sp³-hybridized carbons (Fsp3) is 0.417. The fourth-order valence-corrected chi connectivity index (χ4v) is 6.11. The van der Waals surface area contributed by atoms with Gasteiger partial charge in [-0.25, -0.2) is 4.52 Å². The molecule has 3 aliphatic heterocycles. The van der Waals surface area contributed by atoms with Gasteiger partial charge in [0.2, 0.25) is 5.91 Å². The van der Waals surface area contributed by atoms with E-state index in [1.807, 2.05) is 25.4 Å². The second-order valence-electron chi connectivity index (χ2n) is 9.62. The predicted octanol–water partition coefficient (Wildman–Crippen LogP) is 1.72. The number of dihydropyridines is 1. The van der Waals surface area contributed by atoms with Gasteiger partial charge >= 0.3 is 0 Å². The van der Waals surface area contributed by atoms with Gasteiger partial charge in [0.15, 0.2) is 0 Å².